The molecule has 0 spiro atoms. The zero-order valence-corrected chi connectivity index (χ0v) is 11.7. The summed E-state index contributed by atoms with van der Waals surface area (Å²) < 4.78 is 10.3. The molecule has 0 radical (unpaired) electrons. The van der Waals surface area contributed by atoms with Gasteiger partial charge in [0.1, 0.15) is 5.76 Å². The summed E-state index contributed by atoms with van der Waals surface area (Å²) in [6, 6.07) is 9.63. The van der Waals surface area contributed by atoms with Crippen LogP contribution in [0.2, 0.25) is 0 Å². The van der Waals surface area contributed by atoms with Crippen LogP contribution in [0.15, 0.2) is 41.0 Å². The fraction of sp³-hybridized carbons (Fsp3) is 0.375. The van der Waals surface area contributed by atoms with Crippen LogP contribution in [0.4, 0.5) is 0 Å². The van der Waals surface area contributed by atoms with E-state index >= 15 is 0 Å². The van der Waals surface area contributed by atoms with Crippen LogP contribution in [-0.2, 0) is 22.4 Å². The number of ether oxygens (including phenoxy) is 1. The maximum atomic E-state index is 11.5. The Kier molecular flexibility index (Phi) is 5.35. The third-order valence-electron chi connectivity index (χ3n) is 2.94. The zero-order valence-electron chi connectivity index (χ0n) is 11.7. The number of carbonyl (C=O) groups excluding carboxylic acids is 1. The average Bonchev–Trinajstić information content (AvgIpc) is 2.95. The van der Waals surface area contributed by atoms with Crippen LogP contribution < -0.4 is 0 Å². The second-order valence-corrected chi connectivity index (χ2v) is 4.67. The average molecular weight is 273 g/mol. The van der Waals surface area contributed by atoms with Crippen LogP contribution in [0, 0.1) is 6.92 Å². The van der Waals surface area contributed by atoms with Crippen molar-refractivity contribution in [3.8, 4) is 0 Å². The number of hydrogen-bond acceptors (Lipinski definition) is 4. The van der Waals surface area contributed by atoms with Crippen LogP contribution in [0.25, 0.3) is 0 Å². The van der Waals surface area contributed by atoms with Gasteiger partial charge in [-0.2, -0.15) is 0 Å². The Labute approximate surface area is 118 Å². The topological polar surface area (TPSA) is 52.3 Å². The first-order valence-electron chi connectivity index (χ1n) is 6.84. The number of aromatic nitrogens is 1. The van der Waals surface area contributed by atoms with Gasteiger partial charge in [-0.1, -0.05) is 6.07 Å². The summed E-state index contributed by atoms with van der Waals surface area (Å²) in [6.07, 6.45) is 4.17. The second-order valence-electron chi connectivity index (χ2n) is 4.67. The summed E-state index contributed by atoms with van der Waals surface area (Å²) in [6.45, 7) is 2.41. The maximum Gasteiger partial charge on any atom is 0.306 e. The maximum absolute atomic E-state index is 11.5. The predicted octanol–water partition coefficient (Wildman–Crippen LogP) is 3.09. The van der Waals surface area contributed by atoms with E-state index in [0.29, 0.717) is 19.4 Å². The van der Waals surface area contributed by atoms with E-state index < -0.39 is 0 Å². The highest BCUT2D eigenvalue weighted by atomic mass is 16.5. The van der Waals surface area contributed by atoms with Crippen molar-refractivity contribution < 1.29 is 13.9 Å². The van der Waals surface area contributed by atoms with Crippen molar-refractivity contribution in [3.05, 3.63) is 53.7 Å². The lowest BCUT2D eigenvalue weighted by Crippen LogP contribution is -2.07. The molecule has 2 heterocycles. The Hall–Kier alpha value is -2.10. The highest BCUT2D eigenvalue weighted by Crippen LogP contribution is 2.05. The van der Waals surface area contributed by atoms with E-state index in [-0.39, 0.29) is 5.97 Å². The molecule has 106 valence electrons. The van der Waals surface area contributed by atoms with Crippen molar-refractivity contribution >= 4 is 5.97 Å². The third-order valence-corrected chi connectivity index (χ3v) is 2.94. The summed E-state index contributed by atoms with van der Waals surface area (Å²) in [7, 11) is 0. The minimum atomic E-state index is -0.182. The van der Waals surface area contributed by atoms with Crippen molar-refractivity contribution in [1.82, 2.24) is 4.98 Å². The molecule has 0 fully saturated rings. The second kappa shape index (κ2) is 7.48. The van der Waals surface area contributed by atoms with Gasteiger partial charge < -0.3 is 9.15 Å². The summed E-state index contributed by atoms with van der Waals surface area (Å²) in [5.74, 6) is 0.629. The zero-order chi connectivity index (χ0) is 14.2. The Morgan fingerprint density at radius 1 is 1.25 bits per heavy atom. The van der Waals surface area contributed by atoms with Gasteiger partial charge in [-0.25, -0.2) is 0 Å². The van der Waals surface area contributed by atoms with Crippen molar-refractivity contribution in [2.45, 2.75) is 32.6 Å². The highest BCUT2D eigenvalue weighted by molar-refractivity contribution is 5.69. The smallest absolute Gasteiger partial charge is 0.306 e. The minimum absolute atomic E-state index is 0.182. The monoisotopic (exact) mass is 273 g/mol. The molecule has 20 heavy (non-hydrogen) atoms. The number of aryl methyl sites for hydroxylation is 3. The lowest BCUT2D eigenvalue weighted by molar-refractivity contribution is -0.143. The highest BCUT2D eigenvalue weighted by Gasteiger charge is 2.05. The van der Waals surface area contributed by atoms with Crippen LogP contribution in [0.3, 0.4) is 0 Å². The number of pyridine rings is 1. The summed E-state index contributed by atoms with van der Waals surface area (Å²) in [5.41, 5.74) is 2.05. The van der Waals surface area contributed by atoms with Gasteiger partial charge in [-0.3, -0.25) is 9.78 Å². The molecule has 4 nitrogen and oxygen atoms in total. The first kappa shape index (κ1) is 14.3. The van der Waals surface area contributed by atoms with Crippen LogP contribution in [-0.4, -0.2) is 17.6 Å². The summed E-state index contributed by atoms with van der Waals surface area (Å²) in [5, 5.41) is 0. The molecule has 0 N–H and O–H groups in total. The van der Waals surface area contributed by atoms with Crippen LogP contribution >= 0.6 is 0 Å². The quantitative estimate of drug-likeness (QED) is 0.574. The van der Waals surface area contributed by atoms with Crippen LogP contribution in [0.1, 0.15) is 30.0 Å². The molecule has 0 atom stereocenters. The van der Waals surface area contributed by atoms with E-state index in [1.54, 1.807) is 6.26 Å². The van der Waals surface area contributed by atoms with Gasteiger partial charge in [0.15, 0.2) is 0 Å². The number of furan rings is 1. The molecule has 0 aliphatic carbocycles. The number of nitrogens with zero attached hydrogens (tertiary/aromatic N) is 1. The SMILES string of the molecule is Cc1cccc(CCCOC(=O)CCc2ccco2)n1. The molecule has 2 aromatic rings. The van der Waals surface area contributed by atoms with Crippen molar-refractivity contribution in [2.24, 2.45) is 0 Å². The number of carbonyl (C=O) groups is 1. The fourth-order valence-electron chi connectivity index (χ4n) is 1.93. The Morgan fingerprint density at radius 2 is 2.15 bits per heavy atom. The van der Waals surface area contributed by atoms with Gasteiger partial charge in [0.2, 0.25) is 0 Å². The summed E-state index contributed by atoms with van der Waals surface area (Å²) in [4.78, 5) is 15.9. The molecule has 0 bridgehead atoms. The van der Waals surface area contributed by atoms with Gasteiger partial charge in [0.25, 0.3) is 0 Å². The van der Waals surface area contributed by atoms with E-state index in [9.17, 15) is 4.79 Å². The standard InChI is InChI=1S/C16H19NO3/c1-13-5-2-6-14(17-13)7-3-12-20-16(18)10-9-15-8-4-11-19-15/h2,4-6,8,11H,3,7,9-10,12H2,1H3. The van der Waals surface area contributed by atoms with E-state index in [0.717, 1.165) is 30.0 Å². The lowest BCUT2D eigenvalue weighted by atomic mass is 10.2. The van der Waals surface area contributed by atoms with Gasteiger partial charge in [-0.15, -0.1) is 0 Å². The molecule has 0 aliphatic heterocycles. The third kappa shape index (κ3) is 4.88. The molecular formula is C16H19NO3. The van der Waals surface area contributed by atoms with E-state index in [1.807, 2.05) is 37.3 Å². The number of esters is 1. The van der Waals surface area contributed by atoms with E-state index in [4.69, 9.17) is 9.15 Å². The predicted molar refractivity (Wildman–Crippen MR) is 75.3 cm³/mol. The van der Waals surface area contributed by atoms with Gasteiger partial charge >= 0.3 is 5.97 Å². The summed E-state index contributed by atoms with van der Waals surface area (Å²) >= 11 is 0. The minimum Gasteiger partial charge on any atom is -0.469 e. The lowest BCUT2D eigenvalue weighted by Gasteiger charge is -2.04. The van der Waals surface area contributed by atoms with Crippen molar-refractivity contribution in [2.75, 3.05) is 6.61 Å². The first-order valence-corrected chi connectivity index (χ1v) is 6.84. The van der Waals surface area contributed by atoms with E-state index in [1.165, 1.54) is 0 Å². The number of hydrogen-bond donors (Lipinski definition) is 0. The molecule has 0 saturated carbocycles. The molecule has 0 aromatic carbocycles. The molecule has 2 aromatic heterocycles. The first-order chi connectivity index (χ1) is 9.74. The molecule has 0 amide bonds. The molecule has 2 rings (SSSR count). The van der Waals surface area contributed by atoms with Gasteiger partial charge in [0.05, 0.1) is 19.3 Å². The van der Waals surface area contributed by atoms with Gasteiger partial charge in [-0.05, 0) is 44.0 Å². The Morgan fingerprint density at radius 3 is 2.90 bits per heavy atom. The molecular weight excluding hydrogens is 254 g/mol. The molecule has 0 saturated heterocycles. The molecule has 4 heteroatoms. The fourth-order valence-corrected chi connectivity index (χ4v) is 1.93. The molecule has 0 unspecified atom stereocenters. The molecule has 0 aliphatic rings. The van der Waals surface area contributed by atoms with Crippen LogP contribution in [0.5, 0.6) is 0 Å². The number of rotatable bonds is 7. The normalized spacial score (nSPS) is 10.4. The Bertz CT molecular complexity index is 534. The van der Waals surface area contributed by atoms with Crippen molar-refractivity contribution in [1.29, 1.82) is 0 Å². The van der Waals surface area contributed by atoms with Gasteiger partial charge in [0, 0.05) is 17.8 Å². The van der Waals surface area contributed by atoms with E-state index in [2.05, 4.69) is 4.98 Å². The largest absolute Gasteiger partial charge is 0.469 e. The van der Waals surface area contributed by atoms with Crippen molar-refractivity contribution in [3.63, 3.8) is 0 Å². The Balaban J connectivity index is 1.59.